The van der Waals surface area contributed by atoms with Crippen LogP contribution in [-0.2, 0) is 22.6 Å². The number of nitrogens with zero attached hydrogens (tertiary/aromatic N) is 2. The van der Waals surface area contributed by atoms with E-state index >= 15 is 0 Å². The molecule has 29 heavy (non-hydrogen) atoms. The molecule has 1 unspecified atom stereocenters. The minimum Gasteiger partial charge on any atom is -0.493 e. The van der Waals surface area contributed by atoms with Crippen LogP contribution >= 0.6 is 11.6 Å². The van der Waals surface area contributed by atoms with Crippen LogP contribution in [0.15, 0.2) is 34.7 Å². The molecule has 2 aromatic rings. The van der Waals surface area contributed by atoms with Gasteiger partial charge in [0.05, 0.1) is 36.9 Å². The average molecular weight is 449 g/mol. The number of halogens is 4. The molecule has 1 amide bonds. The van der Waals surface area contributed by atoms with Crippen molar-refractivity contribution in [2.45, 2.75) is 12.7 Å². The largest absolute Gasteiger partial charge is 0.493 e. The van der Waals surface area contributed by atoms with E-state index in [0.29, 0.717) is 29.2 Å². The second kappa shape index (κ2) is 7.42. The van der Waals surface area contributed by atoms with Crippen LogP contribution in [0.4, 0.5) is 18.9 Å². The van der Waals surface area contributed by atoms with Gasteiger partial charge in [-0.2, -0.15) is 17.5 Å². The van der Waals surface area contributed by atoms with Gasteiger partial charge < -0.3 is 9.47 Å². The van der Waals surface area contributed by atoms with Crippen molar-refractivity contribution in [3.63, 3.8) is 0 Å². The Labute approximate surface area is 170 Å². The van der Waals surface area contributed by atoms with Gasteiger partial charge in [-0.1, -0.05) is 17.7 Å². The zero-order valence-corrected chi connectivity index (χ0v) is 17.1. The van der Waals surface area contributed by atoms with Crippen molar-refractivity contribution in [3.05, 3.63) is 52.0 Å². The maximum atomic E-state index is 13.1. The van der Waals surface area contributed by atoms with Crippen LogP contribution < -0.4 is 9.47 Å². The van der Waals surface area contributed by atoms with E-state index in [2.05, 4.69) is 4.36 Å². The Morgan fingerprint density at radius 2 is 1.79 bits per heavy atom. The minimum absolute atomic E-state index is 0.161. The van der Waals surface area contributed by atoms with E-state index in [-0.39, 0.29) is 22.8 Å². The number of amides is 1. The number of carbonyl (C=O) groups excluding carboxylic acids is 1. The standard InChI is InChI=1S/C18H16ClF3N2O4S/c1-27-14-5-4-10(6-15(14)28-2)9-24-17(25)12-7-11(18(20,21)22)8-13(19)16(12)23-29(24,3)26/h4-8H,9H2,1-3H3. The first-order valence-corrected chi connectivity index (χ1v) is 10.4. The molecule has 0 spiro atoms. The summed E-state index contributed by atoms with van der Waals surface area (Å²) in [6, 6.07) is 6.14. The second-order valence-corrected chi connectivity index (χ2v) is 8.79. The zero-order chi connectivity index (χ0) is 21.6. The van der Waals surface area contributed by atoms with Gasteiger partial charge in [0, 0.05) is 6.26 Å². The summed E-state index contributed by atoms with van der Waals surface area (Å²) in [6.07, 6.45) is -3.47. The molecular formula is C18H16ClF3N2O4S. The second-order valence-electron chi connectivity index (χ2n) is 6.24. The average Bonchev–Trinajstić information content (AvgIpc) is 2.64. The predicted octanol–water partition coefficient (Wildman–Crippen LogP) is 4.68. The van der Waals surface area contributed by atoms with Gasteiger partial charge in [-0.3, -0.25) is 4.79 Å². The van der Waals surface area contributed by atoms with Crippen LogP contribution in [0.3, 0.4) is 0 Å². The normalized spacial score (nSPS) is 18.9. The van der Waals surface area contributed by atoms with Crippen molar-refractivity contribution in [3.8, 4) is 11.5 Å². The SMILES string of the molecule is COc1ccc(CN2C(=O)c3cc(C(F)(F)F)cc(Cl)c3N=S2(C)=O)cc1OC. The summed E-state index contributed by atoms with van der Waals surface area (Å²) in [5.41, 5.74) is -1.12. The molecule has 1 aliphatic heterocycles. The molecule has 0 bridgehead atoms. The molecule has 0 saturated carbocycles. The van der Waals surface area contributed by atoms with E-state index in [1.165, 1.54) is 20.5 Å². The number of methoxy groups -OCH3 is 2. The Kier molecular flexibility index (Phi) is 5.44. The zero-order valence-electron chi connectivity index (χ0n) is 15.5. The molecule has 0 N–H and O–H groups in total. The Hall–Kier alpha value is -2.46. The summed E-state index contributed by atoms with van der Waals surface area (Å²) < 4.78 is 67.6. The fraction of sp³-hybridized carbons (Fsp3) is 0.278. The van der Waals surface area contributed by atoms with Crippen LogP contribution in [-0.4, -0.2) is 34.9 Å². The van der Waals surface area contributed by atoms with Gasteiger partial charge in [-0.25, -0.2) is 8.51 Å². The van der Waals surface area contributed by atoms with Gasteiger partial charge in [0.15, 0.2) is 11.5 Å². The minimum atomic E-state index is -4.70. The fourth-order valence-electron chi connectivity index (χ4n) is 2.86. The summed E-state index contributed by atoms with van der Waals surface area (Å²) in [5, 5.41) is -0.386. The van der Waals surface area contributed by atoms with E-state index in [9.17, 15) is 22.2 Å². The number of hydrogen-bond donors (Lipinski definition) is 0. The monoisotopic (exact) mass is 448 g/mol. The molecule has 0 saturated heterocycles. The summed E-state index contributed by atoms with van der Waals surface area (Å²) in [5.74, 6) is -0.0165. The van der Waals surface area contributed by atoms with Crippen molar-refractivity contribution in [2.24, 2.45) is 4.36 Å². The highest BCUT2D eigenvalue weighted by Gasteiger charge is 2.37. The van der Waals surface area contributed by atoms with Crippen LogP contribution in [0.2, 0.25) is 5.02 Å². The van der Waals surface area contributed by atoms with Gasteiger partial charge in [-0.15, -0.1) is 0 Å². The lowest BCUT2D eigenvalue weighted by molar-refractivity contribution is -0.137. The van der Waals surface area contributed by atoms with Crippen molar-refractivity contribution in [2.75, 3.05) is 20.5 Å². The van der Waals surface area contributed by atoms with Gasteiger partial charge in [0.25, 0.3) is 5.91 Å². The third-order valence-corrected chi connectivity index (χ3v) is 6.21. The van der Waals surface area contributed by atoms with Crippen molar-refractivity contribution < 1.29 is 31.6 Å². The maximum Gasteiger partial charge on any atom is 0.416 e. The van der Waals surface area contributed by atoms with E-state index in [1.54, 1.807) is 18.2 Å². The van der Waals surface area contributed by atoms with E-state index in [1.807, 2.05) is 0 Å². The lowest BCUT2D eigenvalue weighted by atomic mass is 10.1. The van der Waals surface area contributed by atoms with Gasteiger partial charge in [0.1, 0.15) is 15.6 Å². The Morgan fingerprint density at radius 3 is 2.38 bits per heavy atom. The number of carbonyl (C=O) groups is 1. The molecule has 3 rings (SSSR count). The number of hydrogen-bond acceptors (Lipinski definition) is 5. The Balaban J connectivity index is 2.07. The maximum absolute atomic E-state index is 13.1. The first-order valence-electron chi connectivity index (χ1n) is 8.13. The van der Waals surface area contributed by atoms with Crippen molar-refractivity contribution in [1.29, 1.82) is 0 Å². The predicted molar refractivity (Wildman–Crippen MR) is 102 cm³/mol. The lowest BCUT2D eigenvalue weighted by Gasteiger charge is -2.29. The molecule has 1 aliphatic rings. The number of rotatable bonds is 4. The molecular weight excluding hydrogens is 433 g/mol. The third kappa shape index (κ3) is 3.99. The highest BCUT2D eigenvalue weighted by atomic mass is 35.5. The fourth-order valence-corrected chi connectivity index (χ4v) is 4.60. The highest BCUT2D eigenvalue weighted by molar-refractivity contribution is 7.91. The first kappa shape index (κ1) is 21.3. The van der Waals surface area contributed by atoms with Gasteiger partial charge in [-0.05, 0) is 29.8 Å². The molecule has 0 aliphatic carbocycles. The van der Waals surface area contributed by atoms with Gasteiger partial charge in [0.2, 0.25) is 0 Å². The third-order valence-electron chi connectivity index (χ3n) is 4.29. The smallest absolute Gasteiger partial charge is 0.416 e. The quantitative estimate of drug-likeness (QED) is 0.681. The molecule has 1 heterocycles. The van der Waals surface area contributed by atoms with E-state index < -0.39 is 27.6 Å². The van der Waals surface area contributed by atoms with Crippen molar-refractivity contribution in [1.82, 2.24) is 4.31 Å². The van der Waals surface area contributed by atoms with Crippen LogP contribution in [0.25, 0.3) is 0 Å². The number of ether oxygens (including phenoxy) is 2. The van der Waals surface area contributed by atoms with Gasteiger partial charge >= 0.3 is 6.18 Å². The summed E-state index contributed by atoms with van der Waals surface area (Å²) in [6.45, 7) is -0.161. The number of benzene rings is 2. The van der Waals surface area contributed by atoms with Crippen LogP contribution in [0, 0.1) is 0 Å². The molecule has 6 nitrogen and oxygen atoms in total. The summed E-state index contributed by atoms with van der Waals surface area (Å²) in [7, 11) is -0.375. The van der Waals surface area contributed by atoms with Crippen LogP contribution in [0.1, 0.15) is 21.5 Å². The molecule has 156 valence electrons. The molecule has 0 fully saturated rings. The molecule has 0 aromatic heterocycles. The topological polar surface area (TPSA) is 68.2 Å². The number of fused-ring (bicyclic) bond motifs is 1. The molecule has 0 radical (unpaired) electrons. The lowest BCUT2D eigenvalue weighted by Crippen LogP contribution is -2.37. The van der Waals surface area contributed by atoms with E-state index in [4.69, 9.17) is 21.1 Å². The summed E-state index contributed by atoms with van der Waals surface area (Å²) in [4.78, 5) is 13.0. The summed E-state index contributed by atoms with van der Waals surface area (Å²) >= 11 is 5.91. The molecule has 2 aromatic carbocycles. The first-order chi connectivity index (χ1) is 13.5. The highest BCUT2D eigenvalue weighted by Crippen LogP contribution is 2.41. The molecule has 11 heteroatoms. The van der Waals surface area contributed by atoms with Crippen LogP contribution in [0.5, 0.6) is 11.5 Å². The Bertz CT molecular complexity index is 1110. The molecule has 1 atom stereocenters. The van der Waals surface area contributed by atoms with E-state index in [0.717, 1.165) is 4.31 Å². The number of alkyl halides is 3. The Morgan fingerprint density at radius 1 is 1.14 bits per heavy atom. The van der Waals surface area contributed by atoms with Crippen molar-refractivity contribution >= 4 is 33.1 Å².